The number of aromatic nitrogens is 1. The molecule has 0 aromatic carbocycles. The fraction of sp³-hybridized carbons (Fsp3) is 0.375. The SMILES string of the molecule is CS(=O)(=O)C[C@@H](N)c1cccc(Br)n1. The molecule has 2 N–H and O–H groups in total. The van der Waals surface area contributed by atoms with Crippen molar-refractivity contribution in [2.45, 2.75) is 6.04 Å². The molecule has 4 nitrogen and oxygen atoms in total. The summed E-state index contributed by atoms with van der Waals surface area (Å²) in [6, 6.07) is 4.67. The van der Waals surface area contributed by atoms with E-state index in [2.05, 4.69) is 20.9 Å². The summed E-state index contributed by atoms with van der Waals surface area (Å²) in [6.07, 6.45) is 1.16. The number of pyridine rings is 1. The lowest BCUT2D eigenvalue weighted by molar-refractivity contribution is 0.593. The Hall–Kier alpha value is -0.460. The monoisotopic (exact) mass is 278 g/mol. The van der Waals surface area contributed by atoms with E-state index in [-0.39, 0.29) is 5.75 Å². The molecule has 1 aromatic rings. The van der Waals surface area contributed by atoms with Gasteiger partial charge in [0.15, 0.2) is 0 Å². The van der Waals surface area contributed by atoms with Crippen molar-refractivity contribution in [3.8, 4) is 0 Å². The molecule has 1 rings (SSSR count). The van der Waals surface area contributed by atoms with Crippen molar-refractivity contribution in [3.05, 3.63) is 28.5 Å². The second kappa shape index (κ2) is 4.37. The average Bonchev–Trinajstić information content (AvgIpc) is 2.01. The van der Waals surface area contributed by atoms with E-state index < -0.39 is 15.9 Å². The third-order valence-corrected chi connectivity index (χ3v) is 3.01. The van der Waals surface area contributed by atoms with Crippen molar-refractivity contribution in [3.63, 3.8) is 0 Å². The van der Waals surface area contributed by atoms with Gasteiger partial charge in [-0.15, -0.1) is 0 Å². The van der Waals surface area contributed by atoms with Gasteiger partial charge in [-0.3, -0.25) is 0 Å². The maximum absolute atomic E-state index is 11.0. The van der Waals surface area contributed by atoms with Crippen molar-refractivity contribution in [2.75, 3.05) is 12.0 Å². The summed E-state index contributed by atoms with van der Waals surface area (Å²) in [7, 11) is -3.06. The average molecular weight is 279 g/mol. The third-order valence-electron chi connectivity index (χ3n) is 1.60. The minimum absolute atomic E-state index is 0.0869. The van der Waals surface area contributed by atoms with Crippen LogP contribution >= 0.6 is 15.9 Å². The Labute approximate surface area is 91.6 Å². The molecular weight excluding hydrogens is 268 g/mol. The van der Waals surface area contributed by atoms with E-state index in [0.29, 0.717) is 10.3 Å². The fourth-order valence-corrected chi connectivity index (χ4v) is 2.22. The van der Waals surface area contributed by atoms with Gasteiger partial charge in [0.25, 0.3) is 0 Å². The highest BCUT2D eigenvalue weighted by Crippen LogP contribution is 2.13. The zero-order chi connectivity index (χ0) is 10.8. The Morgan fingerprint density at radius 3 is 2.71 bits per heavy atom. The van der Waals surface area contributed by atoms with Crippen LogP contribution in [0.4, 0.5) is 0 Å². The number of nitrogens with zero attached hydrogens (tertiary/aromatic N) is 1. The number of halogens is 1. The number of rotatable bonds is 3. The molecule has 0 saturated carbocycles. The lowest BCUT2D eigenvalue weighted by atomic mass is 10.2. The molecule has 0 amide bonds. The van der Waals surface area contributed by atoms with Crippen LogP contribution in [-0.4, -0.2) is 25.4 Å². The summed E-state index contributed by atoms with van der Waals surface area (Å²) < 4.78 is 22.6. The van der Waals surface area contributed by atoms with Gasteiger partial charge in [-0.05, 0) is 28.1 Å². The minimum Gasteiger partial charge on any atom is -0.322 e. The van der Waals surface area contributed by atoms with Gasteiger partial charge < -0.3 is 5.73 Å². The summed E-state index contributed by atoms with van der Waals surface area (Å²) in [5.41, 5.74) is 6.26. The molecule has 1 heterocycles. The Balaban J connectivity index is 2.85. The quantitative estimate of drug-likeness (QED) is 0.834. The van der Waals surface area contributed by atoms with Gasteiger partial charge in [0.1, 0.15) is 14.4 Å². The van der Waals surface area contributed by atoms with Gasteiger partial charge >= 0.3 is 0 Å². The Morgan fingerprint density at radius 2 is 2.21 bits per heavy atom. The molecule has 0 unspecified atom stereocenters. The second-order valence-electron chi connectivity index (χ2n) is 3.08. The molecule has 1 atom stereocenters. The van der Waals surface area contributed by atoms with E-state index in [1.165, 1.54) is 0 Å². The Kier molecular flexibility index (Phi) is 3.63. The lowest BCUT2D eigenvalue weighted by Crippen LogP contribution is -2.21. The first-order chi connectivity index (χ1) is 6.38. The van der Waals surface area contributed by atoms with Crippen molar-refractivity contribution >= 4 is 25.8 Å². The summed E-state index contributed by atoms with van der Waals surface area (Å²) in [4.78, 5) is 4.08. The number of hydrogen-bond acceptors (Lipinski definition) is 4. The molecule has 0 aliphatic rings. The molecular formula is C8H11BrN2O2S. The van der Waals surface area contributed by atoms with Gasteiger partial charge in [-0.1, -0.05) is 6.07 Å². The molecule has 0 bridgehead atoms. The van der Waals surface area contributed by atoms with Crippen LogP contribution in [0.1, 0.15) is 11.7 Å². The van der Waals surface area contributed by atoms with E-state index in [1.807, 2.05) is 0 Å². The van der Waals surface area contributed by atoms with E-state index in [0.717, 1.165) is 6.26 Å². The zero-order valence-electron chi connectivity index (χ0n) is 7.64. The summed E-state index contributed by atoms with van der Waals surface area (Å²) in [5.74, 6) is -0.0869. The maximum atomic E-state index is 11.0. The Bertz CT molecular complexity index is 419. The smallest absolute Gasteiger partial charge is 0.149 e. The third kappa shape index (κ3) is 3.73. The van der Waals surface area contributed by atoms with E-state index in [1.54, 1.807) is 18.2 Å². The molecule has 0 fully saturated rings. The van der Waals surface area contributed by atoms with Crippen LogP contribution in [0.25, 0.3) is 0 Å². The molecule has 78 valence electrons. The van der Waals surface area contributed by atoms with Crippen LogP contribution in [0.5, 0.6) is 0 Å². The van der Waals surface area contributed by atoms with Gasteiger partial charge in [0, 0.05) is 6.26 Å². The maximum Gasteiger partial charge on any atom is 0.149 e. The van der Waals surface area contributed by atoms with E-state index in [4.69, 9.17) is 5.73 Å². The number of hydrogen-bond donors (Lipinski definition) is 1. The van der Waals surface area contributed by atoms with E-state index >= 15 is 0 Å². The van der Waals surface area contributed by atoms with Gasteiger partial charge in [-0.25, -0.2) is 13.4 Å². The first kappa shape index (κ1) is 11.6. The highest BCUT2D eigenvalue weighted by atomic mass is 79.9. The van der Waals surface area contributed by atoms with Crippen molar-refractivity contribution in [2.24, 2.45) is 5.73 Å². The molecule has 0 saturated heterocycles. The molecule has 0 spiro atoms. The number of sulfone groups is 1. The van der Waals surface area contributed by atoms with Crippen LogP contribution in [0.2, 0.25) is 0 Å². The fourth-order valence-electron chi connectivity index (χ4n) is 1.04. The summed E-state index contributed by atoms with van der Waals surface area (Å²) >= 11 is 3.19. The second-order valence-corrected chi connectivity index (χ2v) is 6.08. The molecule has 14 heavy (non-hydrogen) atoms. The zero-order valence-corrected chi connectivity index (χ0v) is 10.0. The molecule has 6 heteroatoms. The van der Waals surface area contributed by atoms with E-state index in [9.17, 15) is 8.42 Å². The first-order valence-corrected chi connectivity index (χ1v) is 6.79. The van der Waals surface area contributed by atoms with Crippen LogP contribution in [-0.2, 0) is 9.84 Å². The molecule has 0 radical (unpaired) electrons. The van der Waals surface area contributed by atoms with Crippen LogP contribution in [0.3, 0.4) is 0 Å². The summed E-state index contributed by atoms with van der Waals surface area (Å²) in [5, 5.41) is 0. The molecule has 1 aromatic heterocycles. The van der Waals surface area contributed by atoms with Gasteiger partial charge in [0.05, 0.1) is 17.5 Å². The normalized spacial score (nSPS) is 13.9. The van der Waals surface area contributed by atoms with Crippen LogP contribution in [0.15, 0.2) is 22.8 Å². The van der Waals surface area contributed by atoms with Crippen molar-refractivity contribution in [1.82, 2.24) is 4.98 Å². The van der Waals surface area contributed by atoms with Gasteiger partial charge in [0.2, 0.25) is 0 Å². The first-order valence-electron chi connectivity index (χ1n) is 3.94. The lowest BCUT2D eigenvalue weighted by Gasteiger charge is -2.09. The topological polar surface area (TPSA) is 73.0 Å². The largest absolute Gasteiger partial charge is 0.322 e. The Morgan fingerprint density at radius 1 is 1.57 bits per heavy atom. The summed E-state index contributed by atoms with van der Waals surface area (Å²) in [6.45, 7) is 0. The molecule has 0 aliphatic heterocycles. The van der Waals surface area contributed by atoms with Crippen LogP contribution < -0.4 is 5.73 Å². The minimum atomic E-state index is -3.06. The van der Waals surface area contributed by atoms with Crippen molar-refractivity contribution in [1.29, 1.82) is 0 Å². The standard InChI is InChI=1S/C8H11BrN2O2S/c1-14(12,13)5-6(10)7-3-2-4-8(9)11-7/h2-4,6H,5,10H2,1H3/t6-/m1/s1. The molecule has 0 aliphatic carbocycles. The predicted octanol–water partition coefficient (Wildman–Crippen LogP) is 0.888. The van der Waals surface area contributed by atoms with Gasteiger partial charge in [-0.2, -0.15) is 0 Å². The highest BCUT2D eigenvalue weighted by Gasteiger charge is 2.14. The van der Waals surface area contributed by atoms with Crippen molar-refractivity contribution < 1.29 is 8.42 Å². The predicted molar refractivity (Wildman–Crippen MR) is 58.6 cm³/mol. The number of nitrogens with two attached hydrogens (primary N) is 1. The highest BCUT2D eigenvalue weighted by molar-refractivity contribution is 9.10. The van der Waals surface area contributed by atoms with Crippen LogP contribution in [0, 0.1) is 0 Å².